The second-order valence-corrected chi connectivity index (χ2v) is 2.65. The van der Waals surface area contributed by atoms with Gasteiger partial charge in [0.1, 0.15) is 0 Å². The van der Waals surface area contributed by atoms with Gasteiger partial charge in [0, 0.05) is 40.8 Å². The first-order chi connectivity index (χ1) is 8.84. The number of carboxylic acid groups (broad SMARTS) is 4. The van der Waals surface area contributed by atoms with E-state index in [9.17, 15) is 0 Å². The zero-order valence-electron chi connectivity index (χ0n) is 18.7. The molecule has 130 valence electrons. The maximum atomic E-state index is 9.00. The fraction of sp³-hybridized carbons (Fsp3) is 0.600. The molecular formula is C10H28MgN2Na2O8. The number of carbonyl (C=O) groups is 4. The molecule has 0 saturated heterocycles. The molecule has 0 fully saturated rings. The average Bonchev–Trinajstić information content (AvgIpc) is 2.13. The molecule has 0 aromatic carbocycles. The Balaban J connectivity index is -0.00000000978. The predicted molar refractivity (Wildman–Crippen MR) is 81.6 cm³/mol. The second kappa shape index (κ2) is 49.5. The summed E-state index contributed by atoms with van der Waals surface area (Å²) in [7, 11) is 0. The van der Waals surface area contributed by atoms with Gasteiger partial charge in [-0.2, -0.15) is 0 Å². The Morgan fingerprint density at radius 1 is 0.652 bits per heavy atom. The summed E-state index contributed by atoms with van der Waals surface area (Å²) >= 11 is 0. The molecule has 0 aromatic rings. The van der Waals surface area contributed by atoms with Crippen LogP contribution in [0, 0.1) is 0 Å². The maximum absolute atomic E-state index is 9.00. The van der Waals surface area contributed by atoms with Crippen molar-refractivity contribution in [1.82, 2.24) is 0 Å². The van der Waals surface area contributed by atoms with Crippen LogP contribution in [-0.2, 0) is 19.2 Å². The van der Waals surface area contributed by atoms with E-state index >= 15 is 0 Å². The molecule has 0 bridgehead atoms. The molecule has 0 saturated carbocycles. The monoisotopic (exact) mass is 374 g/mol. The summed E-state index contributed by atoms with van der Waals surface area (Å²) in [5.74, 6) is -3.33. The van der Waals surface area contributed by atoms with Crippen LogP contribution in [0.3, 0.4) is 0 Å². The summed E-state index contributed by atoms with van der Waals surface area (Å²) in [5.41, 5.74) is 9.81. The van der Waals surface area contributed by atoms with Crippen LogP contribution in [0.1, 0.15) is 33.4 Å². The SMILES string of the molecule is CC(=O)O.CC(=O)O.CC(=O)O.CC(=O)O.NCCN.[H-].[H-].[H-].[H-].[Mg+2].[Na+].[Na+]. The van der Waals surface area contributed by atoms with E-state index in [1.807, 2.05) is 0 Å². The first-order valence-electron chi connectivity index (χ1n) is 5.03. The molecule has 0 aliphatic rings. The summed E-state index contributed by atoms with van der Waals surface area (Å²) in [6.07, 6.45) is 0. The van der Waals surface area contributed by atoms with Gasteiger partial charge in [-0.1, -0.05) is 0 Å². The van der Waals surface area contributed by atoms with Gasteiger partial charge in [0.05, 0.1) is 0 Å². The van der Waals surface area contributed by atoms with Crippen LogP contribution in [0.25, 0.3) is 0 Å². The molecule has 0 spiro atoms. The Morgan fingerprint density at radius 3 is 0.696 bits per heavy atom. The van der Waals surface area contributed by atoms with E-state index < -0.39 is 23.9 Å². The van der Waals surface area contributed by atoms with Gasteiger partial charge >= 0.3 is 82.2 Å². The molecule has 8 N–H and O–H groups in total. The molecule has 0 amide bonds. The fourth-order valence-electron chi connectivity index (χ4n) is 0. The first-order valence-corrected chi connectivity index (χ1v) is 5.03. The minimum atomic E-state index is -0.833. The van der Waals surface area contributed by atoms with Crippen molar-refractivity contribution in [3.05, 3.63) is 0 Å². The van der Waals surface area contributed by atoms with E-state index in [1.54, 1.807) is 0 Å². The van der Waals surface area contributed by atoms with Crippen molar-refractivity contribution in [3.63, 3.8) is 0 Å². The van der Waals surface area contributed by atoms with E-state index in [-0.39, 0.29) is 87.9 Å². The molecule has 0 heterocycles. The summed E-state index contributed by atoms with van der Waals surface area (Å²) in [5, 5.41) is 29.7. The van der Waals surface area contributed by atoms with Crippen molar-refractivity contribution in [2.45, 2.75) is 27.7 Å². The Kier molecular flexibility index (Phi) is 107. The van der Waals surface area contributed by atoms with Crippen LogP contribution in [0.5, 0.6) is 0 Å². The minimum Gasteiger partial charge on any atom is -1.00 e. The molecule has 0 radical (unpaired) electrons. The van der Waals surface area contributed by atoms with Gasteiger partial charge in [0.2, 0.25) is 0 Å². The van der Waals surface area contributed by atoms with Crippen LogP contribution in [0.4, 0.5) is 0 Å². The molecule has 10 nitrogen and oxygen atoms in total. The Bertz CT molecular complexity index is 222. The van der Waals surface area contributed by atoms with Crippen molar-refractivity contribution in [2.75, 3.05) is 13.1 Å². The molecule has 0 aliphatic carbocycles. The molecule has 0 unspecified atom stereocenters. The first kappa shape index (κ1) is 49.5. The molecule has 0 aliphatic heterocycles. The van der Waals surface area contributed by atoms with E-state index in [0.717, 1.165) is 27.7 Å². The second-order valence-electron chi connectivity index (χ2n) is 2.65. The van der Waals surface area contributed by atoms with Crippen LogP contribution in [-0.4, -0.2) is 80.4 Å². The fourth-order valence-corrected chi connectivity index (χ4v) is 0. The van der Waals surface area contributed by atoms with Crippen LogP contribution in [0.2, 0.25) is 0 Å². The topological polar surface area (TPSA) is 201 Å². The Hall–Kier alpha value is 0.566. The van der Waals surface area contributed by atoms with Gasteiger partial charge < -0.3 is 37.6 Å². The zero-order chi connectivity index (χ0) is 17.7. The number of aliphatic carboxylic acids is 4. The number of carboxylic acids is 4. The zero-order valence-corrected chi connectivity index (χ0v) is 20.1. The molecule has 13 heteroatoms. The summed E-state index contributed by atoms with van der Waals surface area (Å²) in [6, 6.07) is 0. The molecular weight excluding hydrogens is 346 g/mol. The summed E-state index contributed by atoms with van der Waals surface area (Å²) in [4.78, 5) is 36.0. The average molecular weight is 375 g/mol. The molecule has 0 rings (SSSR count). The quantitative estimate of drug-likeness (QED) is 0.239. The smallest absolute Gasteiger partial charge is 1.00 e. The van der Waals surface area contributed by atoms with Gasteiger partial charge in [-0.05, 0) is 0 Å². The van der Waals surface area contributed by atoms with Crippen LogP contribution >= 0.6 is 0 Å². The molecule has 23 heavy (non-hydrogen) atoms. The van der Waals surface area contributed by atoms with Crippen molar-refractivity contribution < 1.29 is 104 Å². The number of rotatable bonds is 1. The van der Waals surface area contributed by atoms with Crippen molar-refractivity contribution in [2.24, 2.45) is 11.5 Å². The number of hydrogen-bond acceptors (Lipinski definition) is 6. The third kappa shape index (κ3) is 3890. The van der Waals surface area contributed by atoms with E-state index in [2.05, 4.69) is 0 Å². The molecule has 0 atom stereocenters. The third-order valence-corrected chi connectivity index (χ3v) is 0.167. The van der Waals surface area contributed by atoms with E-state index in [4.69, 9.17) is 51.1 Å². The summed E-state index contributed by atoms with van der Waals surface area (Å²) < 4.78 is 0. The third-order valence-electron chi connectivity index (χ3n) is 0.167. The standard InChI is InChI=1S/C2H8N2.4C2H4O2.Mg.2Na.4H/c3-1-2-4;4*1-2(3)4;;;;;;;/h1-4H2;4*1H3,(H,3,4);;;;;;;/q;;;;;+2;2*+1;4*-1. The predicted octanol–water partition coefficient (Wildman–Crippen LogP) is -6.66. The Morgan fingerprint density at radius 2 is 0.696 bits per heavy atom. The van der Waals surface area contributed by atoms with Gasteiger partial charge in [-0.15, -0.1) is 0 Å². The van der Waals surface area contributed by atoms with Crippen molar-refractivity contribution in [3.8, 4) is 0 Å². The number of hydrogen-bond donors (Lipinski definition) is 6. The normalized spacial score (nSPS) is 5.65. The Labute approximate surface area is 202 Å². The van der Waals surface area contributed by atoms with Gasteiger partial charge in [0.25, 0.3) is 23.9 Å². The van der Waals surface area contributed by atoms with Gasteiger partial charge in [-0.3, -0.25) is 19.2 Å². The number of nitrogens with two attached hydrogens (primary N) is 2. The van der Waals surface area contributed by atoms with Gasteiger partial charge in [-0.25, -0.2) is 0 Å². The molecule has 0 aromatic heterocycles. The maximum Gasteiger partial charge on any atom is 2.00 e. The van der Waals surface area contributed by atoms with Crippen molar-refractivity contribution in [1.29, 1.82) is 0 Å². The van der Waals surface area contributed by atoms with E-state index in [1.165, 1.54) is 0 Å². The minimum absolute atomic E-state index is 0. The largest absolute Gasteiger partial charge is 2.00 e. The van der Waals surface area contributed by atoms with Gasteiger partial charge in [0.15, 0.2) is 0 Å². The van der Waals surface area contributed by atoms with E-state index in [0.29, 0.717) is 13.1 Å². The van der Waals surface area contributed by atoms with Crippen molar-refractivity contribution >= 4 is 46.9 Å². The summed E-state index contributed by atoms with van der Waals surface area (Å²) in [6.45, 7) is 5.53. The van der Waals surface area contributed by atoms with Crippen LogP contribution in [0.15, 0.2) is 0 Å². The van der Waals surface area contributed by atoms with Crippen LogP contribution < -0.4 is 70.6 Å².